The molecule has 2 aromatic carbocycles. The summed E-state index contributed by atoms with van der Waals surface area (Å²) in [5.74, 6) is -2.14. The van der Waals surface area contributed by atoms with E-state index in [1.165, 1.54) is 30.5 Å². The number of aromatic nitrogens is 1. The lowest BCUT2D eigenvalue weighted by molar-refractivity contribution is -0.138. The van der Waals surface area contributed by atoms with Crippen molar-refractivity contribution >= 4 is 17.5 Å². The Balaban J connectivity index is 1.39. The Morgan fingerprint density at radius 1 is 0.971 bits per heavy atom. The van der Waals surface area contributed by atoms with Gasteiger partial charge in [0.1, 0.15) is 23.2 Å². The van der Waals surface area contributed by atoms with Gasteiger partial charge in [-0.05, 0) is 60.4 Å². The van der Waals surface area contributed by atoms with Crippen LogP contribution in [0.15, 0.2) is 54.7 Å². The third kappa shape index (κ3) is 6.62. The molecule has 0 radical (unpaired) electrons. The number of carbonyl (C=O) groups excluding carboxylic acids is 2. The number of amides is 1. The fraction of sp³-hybridized carbons (Fsp3) is 0.240. The van der Waals surface area contributed by atoms with Gasteiger partial charge in [-0.25, -0.2) is 13.8 Å². The molecular weight excluding hydrogens is 471 g/mol. The van der Waals surface area contributed by atoms with Gasteiger partial charge in [0.2, 0.25) is 5.91 Å². The van der Waals surface area contributed by atoms with Crippen LogP contribution >= 0.6 is 0 Å². The Hall–Kier alpha value is -3.82. The number of halogens is 5. The van der Waals surface area contributed by atoms with E-state index in [-0.39, 0.29) is 46.7 Å². The first-order chi connectivity index (χ1) is 16.6. The van der Waals surface area contributed by atoms with E-state index in [1.807, 2.05) is 0 Å². The zero-order valence-electron chi connectivity index (χ0n) is 18.2. The minimum atomic E-state index is -4.74. The van der Waals surface area contributed by atoms with Gasteiger partial charge >= 0.3 is 6.18 Å². The van der Waals surface area contributed by atoms with Crippen molar-refractivity contribution < 1.29 is 36.3 Å². The van der Waals surface area contributed by atoms with Crippen LogP contribution < -0.4 is 10.1 Å². The Labute approximate surface area is 196 Å². The average Bonchev–Trinajstić information content (AvgIpc) is 3.60. The number of pyridine rings is 1. The molecule has 0 bridgehead atoms. The SMILES string of the molecule is O=C(Cc1cc(F)cc(C(F)(F)F)c1)Cc1ccc(Oc2ccnc(NC(=O)C3CC3)c2)c(F)c1. The molecule has 0 atom stereocenters. The molecule has 0 unspecified atom stereocenters. The van der Waals surface area contributed by atoms with E-state index in [1.54, 1.807) is 0 Å². The Morgan fingerprint density at radius 2 is 1.71 bits per heavy atom. The van der Waals surface area contributed by atoms with Crippen LogP contribution in [0.1, 0.15) is 29.5 Å². The molecule has 5 nitrogen and oxygen atoms in total. The molecule has 1 aromatic heterocycles. The number of Topliss-reactive ketones (excluding diaryl/α,β-unsaturated/α-hetero) is 1. The van der Waals surface area contributed by atoms with Gasteiger partial charge in [0.25, 0.3) is 0 Å². The normalized spacial score (nSPS) is 13.4. The molecule has 182 valence electrons. The predicted octanol–water partition coefficient (Wildman–Crippen LogP) is 5.87. The molecule has 1 saturated carbocycles. The second kappa shape index (κ2) is 9.81. The number of nitrogens with one attached hydrogen (secondary N) is 1. The molecule has 1 N–H and O–H groups in total. The standard InChI is InChI=1S/C25H19F5N2O3/c26-18-8-15(7-17(12-18)25(28,29)30)10-19(33)9-14-1-4-22(21(27)11-14)35-20-5-6-31-23(13-20)32-24(34)16-2-3-16/h1,4-8,11-13,16H,2-3,9-10H2,(H,31,32,34). The lowest BCUT2D eigenvalue weighted by atomic mass is 10.0. The monoisotopic (exact) mass is 490 g/mol. The van der Waals surface area contributed by atoms with E-state index in [0.717, 1.165) is 25.0 Å². The van der Waals surface area contributed by atoms with E-state index in [0.29, 0.717) is 12.1 Å². The topological polar surface area (TPSA) is 68.3 Å². The van der Waals surface area contributed by atoms with Crippen molar-refractivity contribution in [3.63, 3.8) is 0 Å². The zero-order valence-corrected chi connectivity index (χ0v) is 18.2. The maximum Gasteiger partial charge on any atom is 0.416 e. The van der Waals surface area contributed by atoms with Crippen LogP contribution in [-0.2, 0) is 28.6 Å². The van der Waals surface area contributed by atoms with E-state index in [9.17, 15) is 31.5 Å². The lowest BCUT2D eigenvalue weighted by Gasteiger charge is -2.11. The number of anilines is 1. The Kier molecular flexibility index (Phi) is 6.81. The summed E-state index contributed by atoms with van der Waals surface area (Å²) in [5, 5.41) is 2.66. The molecule has 1 heterocycles. The van der Waals surface area contributed by atoms with E-state index in [2.05, 4.69) is 10.3 Å². The second-order valence-electron chi connectivity index (χ2n) is 8.25. The number of hydrogen-bond acceptors (Lipinski definition) is 4. The molecule has 1 amide bonds. The number of ketones is 1. The summed E-state index contributed by atoms with van der Waals surface area (Å²) in [5.41, 5.74) is -1.02. The maximum atomic E-state index is 14.6. The number of hydrogen-bond donors (Lipinski definition) is 1. The third-order valence-electron chi connectivity index (χ3n) is 5.24. The van der Waals surface area contributed by atoms with Crippen molar-refractivity contribution in [3.05, 3.63) is 83.1 Å². The fourth-order valence-corrected chi connectivity index (χ4v) is 3.41. The van der Waals surface area contributed by atoms with Gasteiger partial charge in [0, 0.05) is 31.0 Å². The van der Waals surface area contributed by atoms with E-state index >= 15 is 0 Å². The first kappa shape index (κ1) is 24.3. The van der Waals surface area contributed by atoms with Gasteiger partial charge in [-0.1, -0.05) is 6.07 Å². The van der Waals surface area contributed by atoms with Gasteiger partial charge in [-0.15, -0.1) is 0 Å². The van der Waals surface area contributed by atoms with Gasteiger partial charge < -0.3 is 10.1 Å². The fourth-order valence-electron chi connectivity index (χ4n) is 3.41. The van der Waals surface area contributed by atoms with Gasteiger partial charge in [-0.2, -0.15) is 13.2 Å². The van der Waals surface area contributed by atoms with Crippen LogP contribution in [0.5, 0.6) is 11.5 Å². The van der Waals surface area contributed by atoms with Crippen LogP contribution in [0, 0.1) is 17.6 Å². The number of rotatable bonds is 8. The van der Waals surface area contributed by atoms with Gasteiger partial charge in [0.15, 0.2) is 11.6 Å². The molecule has 1 aliphatic carbocycles. The first-order valence-electron chi connectivity index (χ1n) is 10.7. The molecule has 0 spiro atoms. The van der Waals surface area contributed by atoms with Crippen LogP contribution in [-0.4, -0.2) is 16.7 Å². The molecule has 3 aromatic rings. The summed E-state index contributed by atoms with van der Waals surface area (Å²) in [7, 11) is 0. The van der Waals surface area contributed by atoms with E-state index < -0.39 is 35.6 Å². The number of nitrogens with zero attached hydrogens (tertiary/aromatic N) is 1. The minimum Gasteiger partial charge on any atom is -0.454 e. The molecule has 10 heteroatoms. The number of ether oxygens (including phenoxy) is 1. The van der Waals surface area contributed by atoms with Crippen LogP contribution in [0.2, 0.25) is 0 Å². The molecular formula is C25H19F5N2O3. The quantitative estimate of drug-likeness (QED) is 0.401. The summed E-state index contributed by atoms with van der Waals surface area (Å²) in [6.07, 6.45) is -2.37. The predicted molar refractivity (Wildman–Crippen MR) is 116 cm³/mol. The molecule has 4 rings (SSSR count). The van der Waals surface area contributed by atoms with E-state index in [4.69, 9.17) is 4.74 Å². The lowest BCUT2D eigenvalue weighted by Crippen LogP contribution is -2.14. The summed E-state index contributed by atoms with van der Waals surface area (Å²) < 4.78 is 72.2. The van der Waals surface area contributed by atoms with Crippen LogP contribution in [0.3, 0.4) is 0 Å². The highest BCUT2D eigenvalue weighted by Crippen LogP contribution is 2.32. The second-order valence-corrected chi connectivity index (χ2v) is 8.25. The molecule has 1 aliphatic rings. The van der Waals surface area contributed by atoms with Crippen molar-refractivity contribution in [2.24, 2.45) is 5.92 Å². The average molecular weight is 490 g/mol. The highest BCUT2D eigenvalue weighted by atomic mass is 19.4. The third-order valence-corrected chi connectivity index (χ3v) is 5.24. The molecule has 1 fully saturated rings. The number of benzene rings is 2. The van der Waals surface area contributed by atoms with Crippen molar-refractivity contribution in [2.45, 2.75) is 31.9 Å². The van der Waals surface area contributed by atoms with Crippen LogP contribution in [0.25, 0.3) is 0 Å². The first-order valence-corrected chi connectivity index (χ1v) is 10.7. The van der Waals surface area contributed by atoms with Crippen LogP contribution in [0.4, 0.5) is 27.8 Å². The number of carbonyl (C=O) groups is 2. The molecule has 35 heavy (non-hydrogen) atoms. The van der Waals surface area contributed by atoms with Gasteiger partial charge in [-0.3, -0.25) is 9.59 Å². The smallest absolute Gasteiger partial charge is 0.416 e. The Morgan fingerprint density at radius 3 is 2.40 bits per heavy atom. The van der Waals surface area contributed by atoms with Crippen molar-refractivity contribution in [1.82, 2.24) is 4.98 Å². The number of alkyl halides is 3. The minimum absolute atomic E-state index is 0.0123. The zero-order chi connectivity index (χ0) is 25.2. The molecule has 0 aliphatic heterocycles. The summed E-state index contributed by atoms with van der Waals surface area (Å²) in [6, 6.07) is 8.70. The van der Waals surface area contributed by atoms with Gasteiger partial charge in [0.05, 0.1) is 5.56 Å². The maximum absolute atomic E-state index is 14.6. The summed E-state index contributed by atoms with van der Waals surface area (Å²) in [6.45, 7) is 0. The summed E-state index contributed by atoms with van der Waals surface area (Å²) >= 11 is 0. The Bertz CT molecular complexity index is 1270. The summed E-state index contributed by atoms with van der Waals surface area (Å²) in [4.78, 5) is 28.2. The largest absolute Gasteiger partial charge is 0.454 e. The molecule has 0 saturated heterocycles. The highest BCUT2D eigenvalue weighted by molar-refractivity contribution is 5.93. The van der Waals surface area contributed by atoms with Crippen molar-refractivity contribution in [2.75, 3.05) is 5.32 Å². The van der Waals surface area contributed by atoms with Crippen molar-refractivity contribution in [3.8, 4) is 11.5 Å². The highest BCUT2D eigenvalue weighted by Gasteiger charge is 2.31. The van der Waals surface area contributed by atoms with Crippen molar-refractivity contribution in [1.29, 1.82) is 0 Å².